The zero-order valence-corrected chi connectivity index (χ0v) is 10.7. The second kappa shape index (κ2) is 4.09. The summed E-state index contributed by atoms with van der Waals surface area (Å²) in [6.45, 7) is 3.14. The lowest BCUT2D eigenvalue weighted by Gasteiger charge is -2.18. The molecule has 7 heteroatoms. The third-order valence-electron chi connectivity index (χ3n) is 1.84. The van der Waals surface area contributed by atoms with Gasteiger partial charge in [0.25, 0.3) is 10.0 Å². The van der Waals surface area contributed by atoms with Gasteiger partial charge in [-0.05, 0) is 13.8 Å². The van der Waals surface area contributed by atoms with E-state index in [4.69, 9.17) is 18.0 Å². The van der Waals surface area contributed by atoms with Crippen molar-refractivity contribution in [2.45, 2.75) is 24.4 Å². The maximum atomic E-state index is 11.9. The van der Waals surface area contributed by atoms with Gasteiger partial charge in [-0.3, -0.25) is 0 Å². The molecule has 0 fully saturated rings. The third-order valence-corrected chi connectivity index (χ3v) is 3.98. The predicted molar refractivity (Wildman–Crippen MR) is 61.5 cm³/mol. The van der Waals surface area contributed by atoms with Crippen molar-refractivity contribution in [3.05, 3.63) is 11.5 Å². The zero-order chi connectivity index (χ0) is 12.6. The summed E-state index contributed by atoms with van der Waals surface area (Å²) in [5.41, 5.74) is -0.986. The molecular weight excluding hydrogens is 250 g/mol. The number of rotatable bonds is 3. The van der Waals surface area contributed by atoms with Crippen LogP contribution in [0.4, 0.5) is 0 Å². The smallest absolute Gasteiger partial charge is 0.262 e. The fraction of sp³-hybridized carbons (Fsp3) is 0.444. The minimum Gasteiger partial charge on any atom is -0.324 e. The van der Waals surface area contributed by atoms with Crippen LogP contribution in [0.2, 0.25) is 5.15 Å². The highest BCUT2D eigenvalue weighted by Crippen LogP contribution is 2.19. The Bertz CT molecular complexity index is 540. The van der Waals surface area contributed by atoms with Gasteiger partial charge in [-0.2, -0.15) is 4.72 Å². The van der Waals surface area contributed by atoms with Crippen molar-refractivity contribution >= 4 is 21.6 Å². The Labute approximate surface area is 99.9 Å². The summed E-state index contributed by atoms with van der Waals surface area (Å²) in [6.07, 6.45) is 6.52. The summed E-state index contributed by atoms with van der Waals surface area (Å²) in [7, 11) is -2.20. The summed E-state index contributed by atoms with van der Waals surface area (Å²) in [5, 5.41) is -0.180. The van der Waals surface area contributed by atoms with E-state index in [1.165, 1.54) is 10.9 Å². The highest BCUT2D eigenvalue weighted by molar-refractivity contribution is 7.89. The van der Waals surface area contributed by atoms with Crippen LogP contribution in [0.25, 0.3) is 0 Å². The maximum absolute atomic E-state index is 11.9. The first-order valence-electron chi connectivity index (χ1n) is 4.38. The second-order valence-electron chi connectivity index (χ2n) is 3.83. The molecule has 5 nitrogen and oxygen atoms in total. The summed E-state index contributed by atoms with van der Waals surface area (Å²) in [4.78, 5) is 3.72. The Kier molecular flexibility index (Phi) is 3.33. The Morgan fingerprint density at radius 1 is 1.62 bits per heavy atom. The van der Waals surface area contributed by atoms with Crippen LogP contribution in [0.15, 0.2) is 11.4 Å². The lowest BCUT2D eigenvalue weighted by atomic mass is 10.1. The lowest BCUT2D eigenvalue weighted by molar-refractivity contribution is 0.536. The van der Waals surface area contributed by atoms with E-state index in [0.29, 0.717) is 0 Å². The number of hydrogen-bond acceptors (Lipinski definition) is 3. The van der Waals surface area contributed by atoms with Crippen LogP contribution >= 0.6 is 11.6 Å². The predicted octanol–water partition coefficient (Wildman–Crippen LogP) is 0.764. The molecule has 0 unspecified atom stereocenters. The Morgan fingerprint density at radius 3 is 2.56 bits per heavy atom. The van der Waals surface area contributed by atoms with E-state index in [9.17, 15) is 8.42 Å². The number of hydrogen-bond donors (Lipinski definition) is 1. The molecule has 0 atom stereocenters. The van der Waals surface area contributed by atoms with Crippen LogP contribution in [-0.2, 0) is 17.1 Å². The molecule has 0 spiro atoms. The Morgan fingerprint density at radius 2 is 2.19 bits per heavy atom. The summed E-state index contributed by atoms with van der Waals surface area (Å²) >= 11 is 5.79. The molecule has 88 valence electrons. The minimum atomic E-state index is -3.80. The van der Waals surface area contributed by atoms with Gasteiger partial charge in [0.05, 0.1) is 11.9 Å². The summed E-state index contributed by atoms with van der Waals surface area (Å²) in [5.74, 6) is 2.33. The summed E-state index contributed by atoms with van der Waals surface area (Å²) in [6, 6.07) is 0. The van der Waals surface area contributed by atoms with Crippen molar-refractivity contribution in [1.29, 1.82) is 0 Å². The van der Waals surface area contributed by atoms with Crippen molar-refractivity contribution in [2.24, 2.45) is 7.05 Å². The SMILES string of the molecule is C#CC(C)(C)NS(=O)(=O)c1ncn(C)c1Cl. The monoisotopic (exact) mass is 261 g/mol. The third kappa shape index (κ3) is 2.55. The molecule has 1 N–H and O–H groups in total. The fourth-order valence-electron chi connectivity index (χ4n) is 0.988. The van der Waals surface area contributed by atoms with Gasteiger partial charge >= 0.3 is 0 Å². The number of imidazole rings is 1. The number of terminal acetylenes is 1. The standard InChI is InChI=1S/C9H12ClN3O2S/c1-5-9(2,3)12-16(14,15)8-7(10)13(4)6-11-8/h1,6,12H,2-4H3. The number of aryl methyl sites for hydroxylation is 1. The van der Waals surface area contributed by atoms with E-state index in [0.717, 1.165) is 0 Å². The van der Waals surface area contributed by atoms with Crippen LogP contribution in [-0.4, -0.2) is 23.5 Å². The number of sulfonamides is 1. The van der Waals surface area contributed by atoms with Crippen molar-refractivity contribution in [1.82, 2.24) is 14.3 Å². The van der Waals surface area contributed by atoms with E-state index >= 15 is 0 Å². The molecule has 0 aliphatic rings. The van der Waals surface area contributed by atoms with Gasteiger partial charge < -0.3 is 4.57 Å². The van der Waals surface area contributed by atoms with Gasteiger partial charge in [-0.15, -0.1) is 6.42 Å². The molecule has 0 aromatic carbocycles. The van der Waals surface area contributed by atoms with Crippen LogP contribution in [0.3, 0.4) is 0 Å². The molecule has 1 heterocycles. The molecule has 1 aromatic rings. The molecule has 0 saturated heterocycles. The first-order chi connectivity index (χ1) is 7.19. The van der Waals surface area contributed by atoms with E-state index < -0.39 is 15.6 Å². The molecule has 0 amide bonds. The average Bonchev–Trinajstić information content (AvgIpc) is 2.46. The quantitative estimate of drug-likeness (QED) is 0.818. The molecule has 0 bridgehead atoms. The first kappa shape index (κ1) is 13.0. The molecule has 1 aromatic heterocycles. The number of halogens is 1. The number of aromatic nitrogens is 2. The Balaban J connectivity index is 3.15. The van der Waals surface area contributed by atoms with Crippen LogP contribution in [0.5, 0.6) is 0 Å². The van der Waals surface area contributed by atoms with Crippen LogP contribution in [0, 0.1) is 12.3 Å². The van der Waals surface area contributed by atoms with Gasteiger partial charge in [0.15, 0.2) is 0 Å². The van der Waals surface area contributed by atoms with Crippen molar-refractivity contribution in [3.8, 4) is 12.3 Å². The van der Waals surface area contributed by atoms with Crippen LogP contribution in [0.1, 0.15) is 13.8 Å². The van der Waals surface area contributed by atoms with E-state index in [2.05, 4.69) is 15.6 Å². The number of nitrogens with one attached hydrogen (secondary N) is 1. The molecule has 0 aliphatic heterocycles. The molecular formula is C9H12ClN3O2S. The van der Waals surface area contributed by atoms with Gasteiger partial charge in [0.1, 0.15) is 5.15 Å². The first-order valence-corrected chi connectivity index (χ1v) is 6.24. The topological polar surface area (TPSA) is 64.0 Å². The average molecular weight is 262 g/mol. The molecule has 0 saturated carbocycles. The summed E-state index contributed by atoms with van der Waals surface area (Å²) < 4.78 is 27.5. The molecule has 1 rings (SSSR count). The van der Waals surface area contributed by atoms with Gasteiger partial charge in [0, 0.05) is 7.05 Å². The Hall–Kier alpha value is -1.03. The van der Waals surface area contributed by atoms with Gasteiger partial charge in [-0.1, -0.05) is 17.5 Å². The molecule has 0 radical (unpaired) electrons. The van der Waals surface area contributed by atoms with E-state index in [-0.39, 0.29) is 10.2 Å². The lowest BCUT2D eigenvalue weighted by Crippen LogP contribution is -2.42. The normalized spacial score (nSPS) is 12.4. The fourth-order valence-corrected chi connectivity index (χ4v) is 2.76. The molecule has 0 aliphatic carbocycles. The highest BCUT2D eigenvalue weighted by atomic mass is 35.5. The van der Waals surface area contributed by atoms with E-state index in [1.807, 2.05) is 0 Å². The minimum absolute atomic E-state index is 0.0420. The van der Waals surface area contributed by atoms with Crippen molar-refractivity contribution in [2.75, 3.05) is 0 Å². The largest absolute Gasteiger partial charge is 0.324 e. The van der Waals surface area contributed by atoms with Crippen molar-refractivity contribution in [3.63, 3.8) is 0 Å². The molecule has 16 heavy (non-hydrogen) atoms. The van der Waals surface area contributed by atoms with Gasteiger partial charge in [-0.25, -0.2) is 13.4 Å². The number of nitrogens with zero attached hydrogens (tertiary/aromatic N) is 2. The van der Waals surface area contributed by atoms with Crippen molar-refractivity contribution < 1.29 is 8.42 Å². The van der Waals surface area contributed by atoms with Gasteiger partial charge in [0.2, 0.25) is 5.03 Å². The van der Waals surface area contributed by atoms with Crippen LogP contribution < -0.4 is 4.72 Å². The maximum Gasteiger partial charge on any atom is 0.262 e. The van der Waals surface area contributed by atoms with E-state index in [1.54, 1.807) is 20.9 Å². The highest BCUT2D eigenvalue weighted by Gasteiger charge is 2.28. The zero-order valence-electron chi connectivity index (χ0n) is 9.15. The second-order valence-corrected chi connectivity index (χ2v) is 5.78.